The Bertz CT molecular complexity index is 846. The van der Waals surface area contributed by atoms with Crippen LogP contribution in [0.15, 0.2) is 54.2 Å². The van der Waals surface area contributed by atoms with Gasteiger partial charge < -0.3 is 20.1 Å². The Labute approximate surface area is 151 Å². The van der Waals surface area contributed by atoms with Gasteiger partial charge in [-0.3, -0.25) is 9.59 Å². The first kappa shape index (κ1) is 17.5. The molecule has 2 N–H and O–H groups in total. The highest BCUT2D eigenvalue weighted by Crippen LogP contribution is 2.34. The van der Waals surface area contributed by atoms with Gasteiger partial charge in [0.1, 0.15) is 5.70 Å². The fourth-order valence-electron chi connectivity index (χ4n) is 2.60. The second-order valence-corrected chi connectivity index (χ2v) is 5.96. The number of ether oxygens (including phenoxy) is 2. The lowest BCUT2D eigenvalue weighted by atomic mass is 10.1. The first-order valence-electron chi connectivity index (χ1n) is 8.27. The number of fused-ring (bicyclic) bond motifs is 1. The van der Waals surface area contributed by atoms with E-state index < -0.39 is 0 Å². The molecule has 26 heavy (non-hydrogen) atoms. The van der Waals surface area contributed by atoms with Crippen LogP contribution in [0.25, 0.3) is 6.08 Å². The number of nitrogens with one attached hydrogen (secondary N) is 2. The molecule has 1 aliphatic heterocycles. The fourth-order valence-corrected chi connectivity index (χ4v) is 2.60. The van der Waals surface area contributed by atoms with Gasteiger partial charge in [-0.1, -0.05) is 36.4 Å². The number of amides is 2. The monoisotopic (exact) mass is 352 g/mol. The third kappa shape index (κ3) is 4.22. The molecule has 0 spiro atoms. The molecule has 6 nitrogen and oxygen atoms in total. The second-order valence-electron chi connectivity index (χ2n) is 5.96. The summed E-state index contributed by atoms with van der Waals surface area (Å²) in [6, 6.07) is 14.6. The predicted octanol–water partition coefficient (Wildman–Crippen LogP) is 2.77. The fraction of sp³-hybridized carbons (Fsp3) is 0.200. The topological polar surface area (TPSA) is 76.7 Å². The van der Waals surface area contributed by atoms with Crippen LogP contribution in [0.1, 0.15) is 31.0 Å². The van der Waals surface area contributed by atoms with Crippen molar-refractivity contribution < 1.29 is 19.1 Å². The quantitative estimate of drug-likeness (QED) is 0.811. The summed E-state index contributed by atoms with van der Waals surface area (Å²) in [4.78, 5) is 24.1. The van der Waals surface area contributed by atoms with Crippen molar-refractivity contribution in [1.82, 2.24) is 10.6 Å². The maximum absolute atomic E-state index is 12.7. The summed E-state index contributed by atoms with van der Waals surface area (Å²) in [5.41, 5.74) is 1.89. The van der Waals surface area contributed by atoms with Crippen molar-refractivity contribution in [2.45, 2.75) is 19.9 Å². The molecule has 3 rings (SSSR count). The standard InChI is InChI=1S/C20H20N2O4/c1-13(16-8-9-18-19(11-16)26-12-25-18)21-20(24)17(22-14(2)23)10-15-6-4-3-5-7-15/h3-11,13H,12H2,1-2H3,(H,21,24)(H,22,23)/b17-10+. The highest BCUT2D eigenvalue weighted by atomic mass is 16.7. The van der Waals surface area contributed by atoms with Crippen molar-refractivity contribution in [1.29, 1.82) is 0 Å². The summed E-state index contributed by atoms with van der Waals surface area (Å²) >= 11 is 0. The molecule has 134 valence electrons. The van der Waals surface area contributed by atoms with Crippen molar-refractivity contribution in [3.63, 3.8) is 0 Å². The van der Waals surface area contributed by atoms with E-state index in [2.05, 4.69) is 10.6 Å². The predicted molar refractivity (Wildman–Crippen MR) is 97.4 cm³/mol. The van der Waals surface area contributed by atoms with Crippen LogP contribution in [0.4, 0.5) is 0 Å². The average molecular weight is 352 g/mol. The van der Waals surface area contributed by atoms with Gasteiger partial charge in [0.25, 0.3) is 5.91 Å². The molecule has 1 unspecified atom stereocenters. The molecule has 6 heteroatoms. The minimum absolute atomic E-state index is 0.191. The number of rotatable bonds is 5. The van der Waals surface area contributed by atoms with E-state index in [-0.39, 0.29) is 30.3 Å². The Morgan fingerprint density at radius 3 is 2.54 bits per heavy atom. The van der Waals surface area contributed by atoms with Crippen molar-refractivity contribution in [2.75, 3.05) is 6.79 Å². The normalized spacial score (nSPS) is 13.8. The van der Waals surface area contributed by atoms with E-state index in [1.54, 1.807) is 6.08 Å². The first-order chi connectivity index (χ1) is 12.5. The summed E-state index contributed by atoms with van der Waals surface area (Å²) in [7, 11) is 0. The van der Waals surface area contributed by atoms with E-state index >= 15 is 0 Å². The molecule has 1 atom stereocenters. The lowest BCUT2D eigenvalue weighted by Gasteiger charge is -2.16. The van der Waals surface area contributed by atoms with Crippen molar-refractivity contribution >= 4 is 17.9 Å². The number of carbonyl (C=O) groups excluding carboxylic acids is 2. The van der Waals surface area contributed by atoms with Crippen molar-refractivity contribution in [3.05, 3.63) is 65.4 Å². The lowest BCUT2D eigenvalue weighted by Crippen LogP contribution is -2.35. The lowest BCUT2D eigenvalue weighted by molar-refractivity contribution is -0.122. The largest absolute Gasteiger partial charge is 0.454 e. The molecule has 2 aromatic carbocycles. The van der Waals surface area contributed by atoms with Gasteiger partial charge in [0.2, 0.25) is 12.7 Å². The highest BCUT2D eigenvalue weighted by molar-refractivity contribution is 6.01. The van der Waals surface area contributed by atoms with Gasteiger partial charge in [-0.15, -0.1) is 0 Å². The molecule has 2 aromatic rings. The zero-order valence-corrected chi connectivity index (χ0v) is 14.6. The molecule has 0 saturated carbocycles. The Morgan fingerprint density at radius 2 is 1.81 bits per heavy atom. The molecular formula is C20H20N2O4. The highest BCUT2D eigenvalue weighted by Gasteiger charge is 2.18. The van der Waals surface area contributed by atoms with Gasteiger partial charge in [0.05, 0.1) is 6.04 Å². The van der Waals surface area contributed by atoms with Gasteiger partial charge in [-0.2, -0.15) is 0 Å². The van der Waals surface area contributed by atoms with Gasteiger partial charge in [-0.25, -0.2) is 0 Å². The average Bonchev–Trinajstić information content (AvgIpc) is 3.09. The van der Waals surface area contributed by atoms with Crippen LogP contribution in [0.5, 0.6) is 11.5 Å². The van der Waals surface area contributed by atoms with Gasteiger partial charge in [0.15, 0.2) is 11.5 Å². The second kappa shape index (κ2) is 7.74. The SMILES string of the molecule is CC(=O)N/C(=C/c1ccccc1)C(=O)NC(C)c1ccc2c(c1)OCO2. The zero-order chi connectivity index (χ0) is 18.5. The number of benzene rings is 2. The molecule has 1 aliphatic rings. The molecule has 1 heterocycles. The summed E-state index contributed by atoms with van der Waals surface area (Å²) in [6.45, 7) is 3.43. The Balaban J connectivity index is 1.76. The number of carbonyl (C=O) groups is 2. The summed E-state index contributed by atoms with van der Waals surface area (Å²) in [6.07, 6.45) is 1.64. The van der Waals surface area contributed by atoms with Gasteiger partial charge >= 0.3 is 0 Å². The molecular weight excluding hydrogens is 332 g/mol. The van der Waals surface area contributed by atoms with E-state index in [4.69, 9.17) is 9.47 Å². The van der Waals surface area contributed by atoms with Crippen LogP contribution in [0, 0.1) is 0 Å². The van der Waals surface area contributed by atoms with Crippen LogP contribution in [0.2, 0.25) is 0 Å². The Kier molecular flexibility index (Phi) is 5.22. The van der Waals surface area contributed by atoms with Gasteiger partial charge in [-0.05, 0) is 36.3 Å². The summed E-state index contributed by atoms with van der Waals surface area (Å²) < 4.78 is 10.7. The van der Waals surface area contributed by atoms with Crippen molar-refractivity contribution in [2.24, 2.45) is 0 Å². The van der Waals surface area contributed by atoms with Crippen LogP contribution in [-0.2, 0) is 9.59 Å². The molecule has 0 aliphatic carbocycles. The van der Waals surface area contributed by atoms with Crippen molar-refractivity contribution in [3.8, 4) is 11.5 Å². The van der Waals surface area contributed by atoms with E-state index in [1.165, 1.54) is 6.92 Å². The van der Waals surface area contributed by atoms with E-state index in [1.807, 2.05) is 55.5 Å². The summed E-state index contributed by atoms with van der Waals surface area (Å²) in [5, 5.41) is 5.49. The third-order valence-corrected chi connectivity index (χ3v) is 3.91. The molecule has 0 aromatic heterocycles. The zero-order valence-electron chi connectivity index (χ0n) is 14.6. The number of hydrogen-bond acceptors (Lipinski definition) is 4. The Hall–Kier alpha value is -3.28. The van der Waals surface area contributed by atoms with Crippen LogP contribution in [0.3, 0.4) is 0 Å². The number of hydrogen-bond donors (Lipinski definition) is 2. The molecule has 0 radical (unpaired) electrons. The van der Waals surface area contributed by atoms with Gasteiger partial charge in [0, 0.05) is 6.92 Å². The maximum atomic E-state index is 12.7. The van der Waals surface area contributed by atoms with E-state index in [0.717, 1.165) is 11.1 Å². The molecule has 0 fully saturated rings. The molecule has 2 amide bonds. The molecule has 0 saturated heterocycles. The smallest absolute Gasteiger partial charge is 0.268 e. The molecule has 0 bridgehead atoms. The van der Waals surface area contributed by atoms with Crippen LogP contribution < -0.4 is 20.1 Å². The minimum atomic E-state index is -0.366. The summed E-state index contributed by atoms with van der Waals surface area (Å²) in [5.74, 6) is 0.674. The maximum Gasteiger partial charge on any atom is 0.268 e. The van der Waals surface area contributed by atoms with E-state index in [9.17, 15) is 9.59 Å². The Morgan fingerprint density at radius 1 is 1.08 bits per heavy atom. The first-order valence-corrected chi connectivity index (χ1v) is 8.27. The van der Waals surface area contributed by atoms with Crippen LogP contribution >= 0.6 is 0 Å². The van der Waals surface area contributed by atoms with E-state index in [0.29, 0.717) is 11.5 Å². The van der Waals surface area contributed by atoms with Crippen LogP contribution in [-0.4, -0.2) is 18.6 Å². The minimum Gasteiger partial charge on any atom is -0.454 e. The third-order valence-electron chi connectivity index (χ3n) is 3.91.